The van der Waals surface area contributed by atoms with E-state index < -0.39 is 16.3 Å². The van der Waals surface area contributed by atoms with Gasteiger partial charge in [0.2, 0.25) is 5.43 Å². The van der Waals surface area contributed by atoms with Gasteiger partial charge in [-0.3, -0.25) is 24.7 Å². The summed E-state index contributed by atoms with van der Waals surface area (Å²) in [5.74, 6) is -0.729. The molecule has 1 N–H and O–H groups in total. The lowest BCUT2D eigenvalue weighted by atomic mass is 10.1. The van der Waals surface area contributed by atoms with Crippen LogP contribution < -0.4 is 10.7 Å². The number of aromatic nitrogens is 3. The molecule has 0 spiro atoms. The topological polar surface area (TPSA) is 120 Å². The van der Waals surface area contributed by atoms with Gasteiger partial charge in [0.15, 0.2) is 5.69 Å². The van der Waals surface area contributed by atoms with E-state index in [0.717, 1.165) is 11.1 Å². The molecule has 0 saturated heterocycles. The number of anilines is 1. The first kappa shape index (κ1) is 19.9. The average Bonchev–Trinajstić information content (AvgIpc) is 2.74. The number of nitro groups is 1. The predicted molar refractivity (Wildman–Crippen MR) is 116 cm³/mol. The summed E-state index contributed by atoms with van der Waals surface area (Å²) in [6.45, 7) is 3.43. The smallest absolute Gasteiger partial charge is 0.294 e. The molecule has 0 fully saturated rings. The number of nitrogens with one attached hydrogen (secondary N) is 1. The largest absolute Gasteiger partial charge is 0.319 e. The number of carbonyl (C=O) groups is 1. The molecule has 1 amide bonds. The Bertz CT molecular complexity index is 1410. The van der Waals surface area contributed by atoms with Crippen LogP contribution in [0, 0.1) is 24.0 Å². The fourth-order valence-electron chi connectivity index (χ4n) is 3.27. The van der Waals surface area contributed by atoms with Crippen LogP contribution >= 0.6 is 0 Å². The standard InChI is InChI=1S/C22H17N5O4/c1-13-10-11-15-6-5-7-16(20(15)23-13)24-22(29)21-19(28)12-14(2)26(25-21)17-8-3-4-9-18(17)27(30)31/h3-12H,1-2H3,(H,24,29). The van der Waals surface area contributed by atoms with Crippen molar-refractivity contribution in [2.45, 2.75) is 13.8 Å². The third kappa shape index (κ3) is 3.76. The minimum absolute atomic E-state index is 0.154. The molecule has 9 heteroatoms. The highest BCUT2D eigenvalue weighted by Gasteiger charge is 2.20. The number of hydrogen-bond donors (Lipinski definition) is 1. The SMILES string of the molecule is Cc1ccc2cccc(NC(=O)c3nn(-c4ccccc4[N+](=O)[O-])c(C)cc3=O)c2n1. The third-order valence-electron chi connectivity index (χ3n) is 4.74. The first-order chi connectivity index (χ1) is 14.8. The van der Waals surface area contributed by atoms with Crippen molar-refractivity contribution in [3.05, 3.63) is 98.1 Å². The highest BCUT2D eigenvalue weighted by Crippen LogP contribution is 2.24. The van der Waals surface area contributed by atoms with Gasteiger partial charge < -0.3 is 5.32 Å². The summed E-state index contributed by atoms with van der Waals surface area (Å²) in [7, 11) is 0. The summed E-state index contributed by atoms with van der Waals surface area (Å²) in [6, 6.07) is 16.3. The molecule has 4 aromatic rings. The Morgan fingerprint density at radius 2 is 1.84 bits per heavy atom. The van der Waals surface area contributed by atoms with E-state index in [0.29, 0.717) is 16.9 Å². The minimum Gasteiger partial charge on any atom is -0.319 e. The Hall–Kier alpha value is -4.40. The maximum absolute atomic E-state index is 12.9. The van der Waals surface area contributed by atoms with E-state index in [9.17, 15) is 19.7 Å². The molecule has 0 unspecified atom stereocenters. The zero-order chi connectivity index (χ0) is 22.1. The summed E-state index contributed by atoms with van der Waals surface area (Å²) < 4.78 is 1.22. The number of rotatable bonds is 4. The van der Waals surface area contributed by atoms with Crippen LogP contribution in [0.1, 0.15) is 21.9 Å². The predicted octanol–water partition coefficient (Wildman–Crippen LogP) is 3.56. The van der Waals surface area contributed by atoms with Crippen molar-refractivity contribution in [3.63, 3.8) is 0 Å². The molecule has 0 aliphatic carbocycles. The molecule has 0 bridgehead atoms. The van der Waals surface area contributed by atoms with Crippen LogP contribution in [0.3, 0.4) is 0 Å². The number of aryl methyl sites for hydroxylation is 2. The highest BCUT2D eigenvalue weighted by molar-refractivity contribution is 6.07. The van der Waals surface area contributed by atoms with Gasteiger partial charge >= 0.3 is 0 Å². The van der Waals surface area contributed by atoms with Crippen molar-refractivity contribution in [2.24, 2.45) is 0 Å². The lowest BCUT2D eigenvalue weighted by molar-refractivity contribution is -0.384. The number of nitrogens with zero attached hydrogens (tertiary/aromatic N) is 4. The lowest BCUT2D eigenvalue weighted by Gasteiger charge is -2.12. The number of para-hydroxylation sites is 3. The third-order valence-corrected chi connectivity index (χ3v) is 4.74. The molecular formula is C22H17N5O4. The van der Waals surface area contributed by atoms with Gasteiger partial charge in [-0.25, -0.2) is 4.68 Å². The summed E-state index contributed by atoms with van der Waals surface area (Å²) in [5, 5.41) is 19.1. The van der Waals surface area contributed by atoms with Crippen molar-refractivity contribution in [3.8, 4) is 5.69 Å². The molecule has 0 aliphatic rings. The molecule has 154 valence electrons. The molecule has 0 saturated carbocycles. The van der Waals surface area contributed by atoms with Crippen LogP contribution in [0.25, 0.3) is 16.6 Å². The van der Waals surface area contributed by atoms with Crippen molar-refractivity contribution in [1.82, 2.24) is 14.8 Å². The molecule has 9 nitrogen and oxygen atoms in total. The van der Waals surface area contributed by atoms with Gasteiger partial charge in [-0.05, 0) is 32.0 Å². The molecule has 2 aromatic heterocycles. The monoisotopic (exact) mass is 415 g/mol. The molecule has 31 heavy (non-hydrogen) atoms. The Morgan fingerprint density at radius 3 is 2.61 bits per heavy atom. The Labute approximate surface area is 176 Å². The fourth-order valence-corrected chi connectivity index (χ4v) is 3.27. The molecule has 4 rings (SSSR count). The van der Waals surface area contributed by atoms with Crippen LogP contribution in [-0.4, -0.2) is 25.6 Å². The van der Waals surface area contributed by atoms with Crippen molar-refractivity contribution in [1.29, 1.82) is 0 Å². The number of pyridine rings is 1. The van der Waals surface area contributed by atoms with Gasteiger partial charge in [-0.1, -0.05) is 30.3 Å². The number of carbonyl (C=O) groups excluding carboxylic acids is 1. The second-order valence-electron chi connectivity index (χ2n) is 6.94. The summed E-state index contributed by atoms with van der Waals surface area (Å²) in [6.07, 6.45) is 0. The average molecular weight is 415 g/mol. The minimum atomic E-state index is -0.729. The van der Waals surface area contributed by atoms with E-state index in [1.54, 1.807) is 25.1 Å². The van der Waals surface area contributed by atoms with Gasteiger partial charge in [-0.15, -0.1) is 0 Å². The number of benzene rings is 2. The maximum Gasteiger partial charge on any atom is 0.294 e. The zero-order valence-corrected chi connectivity index (χ0v) is 16.7. The highest BCUT2D eigenvalue weighted by atomic mass is 16.6. The van der Waals surface area contributed by atoms with Crippen LogP contribution in [0.15, 0.2) is 65.5 Å². The van der Waals surface area contributed by atoms with Crippen molar-refractivity contribution < 1.29 is 9.72 Å². The molecule has 0 aliphatic heterocycles. The Balaban J connectivity index is 1.79. The van der Waals surface area contributed by atoms with Crippen LogP contribution in [0.4, 0.5) is 11.4 Å². The Morgan fingerprint density at radius 1 is 1.06 bits per heavy atom. The van der Waals surface area contributed by atoms with E-state index >= 15 is 0 Å². The molecule has 0 atom stereocenters. The second kappa shape index (κ2) is 7.79. The fraction of sp³-hybridized carbons (Fsp3) is 0.0909. The maximum atomic E-state index is 12.9. The van der Waals surface area contributed by atoms with Gasteiger partial charge in [0, 0.05) is 28.9 Å². The van der Waals surface area contributed by atoms with E-state index in [4.69, 9.17) is 0 Å². The number of fused-ring (bicyclic) bond motifs is 1. The quantitative estimate of drug-likeness (QED) is 0.402. The van der Waals surface area contributed by atoms with Crippen molar-refractivity contribution >= 4 is 28.2 Å². The van der Waals surface area contributed by atoms with E-state index in [1.165, 1.54) is 28.9 Å². The molecular weight excluding hydrogens is 398 g/mol. The summed E-state index contributed by atoms with van der Waals surface area (Å²) in [5.41, 5.74) is 1.15. The number of amides is 1. The zero-order valence-electron chi connectivity index (χ0n) is 16.7. The summed E-state index contributed by atoms with van der Waals surface area (Å²) in [4.78, 5) is 40.8. The van der Waals surface area contributed by atoms with Gasteiger partial charge in [-0.2, -0.15) is 5.10 Å². The number of nitro benzene ring substituents is 1. The van der Waals surface area contributed by atoms with Crippen LogP contribution in [0.5, 0.6) is 0 Å². The molecule has 2 heterocycles. The van der Waals surface area contributed by atoms with Gasteiger partial charge in [0.05, 0.1) is 16.1 Å². The second-order valence-corrected chi connectivity index (χ2v) is 6.94. The first-order valence-electron chi connectivity index (χ1n) is 9.37. The first-order valence-corrected chi connectivity index (χ1v) is 9.37. The van der Waals surface area contributed by atoms with Gasteiger partial charge in [0.1, 0.15) is 5.69 Å². The Kier molecular flexibility index (Phi) is 5.00. The molecule has 0 radical (unpaired) electrons. The van der Waals surface area contributed by atoms with E-state index in [1.807, 2.05) is 25.1 Å². The summed E-state index contributed by atoms with van der Waals surface area (Å²) >= 11 is 0. The van der Waals surface area contributed by atoms with Gasteiger partial charge in [0.25, 0.3) is 11.6 Å². The normalized spacial score (nSPS) is 10.8. The van der Waals surface area contributed by atoms with Crippen molar-refractivity contribution in [2.75, 3.05) is 5.32 Å². The van der Waals surface area contributed by atoms with E-state index in [2.05, 4.69) is 15.4 Å². The number of hydrogen-bond acceptors (Lipinski definition) is 6. The lowest BCUT2D eigenvalue weighted by Crippen LogP contribution is -2.27. The molecule has 2 aromatic carbocycles. The van der Waals surface area contributed by atoms with E-state index in [-0.39, 0.29) is 17.1 Å². The van der Waals surface area contributed by atoms with Crippen LogP contribution in [-0.2, 0) is 0 Å². The van der Waals surface area contributed by atoms with Crippen LogP contribution in [0.2, 0.25) is 0 Å².